The van der Waals surface area contributed by atoms with Gasteiger partial charge in [0.1, 0.15) is 0 Å². The fourth-order valence-corrected chi connectivity index (χ4v) is 2.77. The van der Waals surface area contributed by atoms with Crippen LogP contribution in [0.5, 0.6) is 5.75 Å². The number of hydrogen-bond donors (Lipinski definition) is 0. The maximum absolute atomic E-state index is 12.3. The number of fused-ring (bicyclic) bond motifs is 1. The average Bonchev–Trinajstić information content (AvgIpc) is 2.37. The van der Waals surface area contributed by atoms with E-state index in [0.29, 0.717) is 9.86 Å². The molecule has 0 saturated carbocycles. The quantitative estimate of drug-likeness (QED) is 0.461. The van der Waals surface area contributed by atoms with Gasteiger partial charge in [-0.1, -0.05) is 34.1 Å². The normalized spacial score (nSPS) is 12.4. The molecule has 0 saturated heterocycles. The van der Waals surface area contributed by atoms with Gasteiger partial charge in [-0.2, -0.15) is 21.6 Å². The van der Waals surface area contributed by atoms with Gasteiger partial charge in [0.25, 0.3) is 0 Å². The molecule has 0 atom stereocenters. The van der Waals surface area contributed by atoms with Crippen LogP contribution in [0.1, 0.15) is 10.4 Å². The van der Waals surface area contributed by atoms with E-state index in [-0.39, 0.29) is 17.2 Å². The van der Waals surface area contributed by atoms with Crippen molar-refractivity contribution in [2.45, 2.75) is 5.51 Å². The summed E-state index contributed by atoms with van der Waals surface area (Å²) in [4.78, 5) is 11.2. The molecule has 0 unspecified atom stereocenters. The van der Waals surface area contributed by atoms with Gasteiger partial charge in [-0.15, -0.1) is 0 Å². The highest BCUT2D eigenvalue weighted by molar-refractivity contribution is 9.10. The summed E-state index contributed by atoms with van der Waals surface area (Å²) in [7, 11) is -5.84. The molecule has 0 aliphatic heterocycles. The molecular weight excluding hydrogens is 377 g/mol. The number of rotatable bonds is 3. The van der Waals surface area contributed by atoms with Crippen LogP contribution in [0, 0.1) is 0 Å². The minimum absolute atomic E-state index is 0.244. The summed E-state index contributed by atoms with van der Waals surface area (Å²) in [5.74, 6) is -0.679. The van der Waals surface area contributed by atoms with Crippen LogP contribution < -0.4 is 4.18 Å². The number of aldehydes is 1. The van der Waals surface area contributed by atoms with E-state index in [1.54, 1.807) is 18.2 Å². The minimum atomic E-state index is -5.84. The van der Waals surface area contributed by atoms with Crippen LogP contribution >= 0.6 is 15.9 Å². The van der Waals surface area contributed by atoms with E-state index in [2.05, 4.69) is 20.1 Å². The van der Waals surface area contributed by atoms with Crippen LogP contribution in [0.15, 0.2) is 34.8 Å². The number of halogens is 4. The van der Waals surface area contributed by atoms with Gasteiger partial charge in [-0.25, -0.2) is 0 Å². The molecular formula is C12H6BrF3O4S. The summed E-state index contributed by atoms with van der Waals surface area (Å²) in [6.45, 7) is 0. The van der Waals surface area contributed by atoms with Crippen molar-refractivity contribution in [3.8, 4) is 5.75 Å². The van der Waals surface area contributed by atoms with Crippen LogP contribution in [0.3, 0.4) is 0 Å². The molecule has 2 aromatic carbocycles. The number of carbonyl (C=O) groups excluding carboxylic acids is 1. The van der Waals surface area contributed by atoms with E-state index in [1.807, 2.05) is 0 Å². The van der Waals surface area contributed by atoms with Gasteiger partial charge in [-0.05, 0) is 17.5 Å². The lowest BCUT2D eigenvalue weighted by atomic mass is 10.0. The zero-order valence-electron chi connectivity index (χ0n) is 10.0. The SMILES string of the molecule is O=Cc1c(OS(=O)(=O)C(F)(F)F)ccc2cccc(Br)c12. The fraction of sp³-hybridized carbons (Fsp3) is 0.0833. The van der Waals surface area contributed by atoms with Crippen LogP contribution in [-0.4, -0.2) is 20.2 Å². The van der Waals surface area contributed by atoms with Crippen molar-refractivity contribution in [1.82, 2.24) is 0 Å². The van der Waals surface area contributed by atoms with E-state index in [9.17, 15) is 26.4 Å². The average molecular weight is 383 g/mol. The molecule has 0 amide bonds. The lowest BCUT2D eigenvalue weighted by molar-refractivity contribution is -0.0500. The minimum Gasteiger partial charge on any atom is -0.375 e. The van der Waals surface area contributed by atoms with Crippen LogP contribution in [0.4, 0.5) is 13.2 Å². The zero-order chi connectivity index (χ0) is 15.8. The Morgan fingerprint density at radius 2 is 1.81 bits per heavy atom. The number of hydrogen-bond acceptors (Lipinski definition) is 4. The van der Waals surface area contributed by atoms with Crippen molar-refractivity contribution in [1.29, 1.82) is 0 Å². The molecule has 0 radical (unpaired) electrons. The van der Waals surface area contributed by atoms with Crippen molar-refractivity contribution in [3.63, 3.8) is 0 Å². The maximum Gasteiger partial charge on any atom is 0.534 e. The van der Waals surface area contributed by atoms with Gasteiger partial charge in [0.2, 0.25) is 0 Å². The summed E-state index contributed by atoms with van der Waals surface area (Å²) in [6.07, 6.45) is 0.244. The highest BCUT2D eigenvalue weighted by atomic mass is 79.9. The summed E-state index contributed by atoms with van der Waals surface area (Å²) < 4.78 is 63.6. The van der Waals surface area contributed by atoms with Gasteiger partial charge >= 0.3 is 15.6 Å². The molecule has 0 spiro atoms. The Balaban J connectivity index is 2.67. The molecule has 4 nitrogen and oxygen atoms in total. The van der Waals surface area contributed by atoms with Crippen molar-refractivity contribution in [2.75, 3.05) is 0 Å². The van der Waals surface area contributed by atoms with Crippen molar-refractivity contribution < 1.29 is 30.6 Å². The Morgan fingerprint density at radius 1 is 1.14 bits per heavy atom. The highest BCUT2D eigenvalue weighted by Crippen LogP contribution is 2.35. The van der Waals surface area contributed by atoms with E-state index in [0.717, 1.165) is 6.07 Å². The first-order valence-corrected chi connectivity index (χ1v) is 7.54. The Hall–Kier alpha value is -1.61. The third-order valence-electron chi connectivity index (χ3n) is 2.60. The molecule has 0 aromatic heterocycles. The largest absolute Gasteiger partial charge is 0.534 e. The summed E-state index contributed by atoms with van der Waals surface area (Å²) >= 11 is 3.16. The number of carbonyl (C=O) groups is 1. The third-order valence-corrected chi connectivity index (χ3v) is 4.22. The third kappa shape index (κ3) is 2.88. The standard InChI is InChI=1S/C12H6BrF3O4S/c13-9-3-1-2-7-4-5-10(8(6-17)11(7)9)20-21(18,19)12(14,15)16/h1-6H. The molecule has 2 rings (SSSR count). The second kappa shape index (κ2) is 5.30. The molecule has 21 heavy (non-hydrogen) atoms. The fourth-order valence-electron chi connectivity index (χ4n) is 1.70. The first kappa shape index (κ1) is 15.8. The molecule has 0 aliphatic rings. The van der Waals surface area contributed by atoms with Crippen molar-refractivity contribution in [2.24, 2.45) is 0 Å². The lowest BCUT2D eigenvalue weighted by Gasteiger charge is -2.12. The number of alkyl halides is 3. The second-order valence-corrected chi connectivity index (χ2v) is 6.31. The topological polar surface area (TPSA) is 60.4 Å². The molecule has 0 bridgehead atoms. The molecule has 112 valence electrons. The van der Waals surface area contributed by atoms with E-state index in [4.69, 9.17) is 0 Å². The van der Waals surface area contributed by atoms with Gasteiger partial charge in [0.15, 0.2) is 12.0 Å². The van der Waals surface area contributed by atoms with Gasteiger partial charge < -0.3 is 4.18 Å². The second-order valence-electron chi connectivity index (χ2n) is 3.92. The lowest BCUT2D eigenvalue weighted by Crippen LogP contribution is -2.28. The van der Waals surface area contributed by atoms with E-state index < -0.39 is 21.4 Å². The van der Waals surface area contributed by atoms with Gasteiger partial charge in [-0.3, -0.25) is 4.79 Å². The Kier molecular flexibility index (Phi) is 3.98. The molecule has 0 N–H and O–H groups in total. The van der Waals surface area contributed by atoms with Crippen molar-refractivity contribution >= 4 is 43.1 Å². The Morgan fingerprint density at radius 3 is 2.38 bits per heavy atom. The van der Waals surface area contributed by atoms with Crippen LogP contribution in [0.25, 0.3) is 10.8 Å². The zero-order valence-corrected chi connectivity index (χ0v) is 12.4. The number of benzene rings is 2. The summed E-state index contributed by atoms with van der Waals surface area (Å²) in [5.41, 5.74) is -5.86. The Bertz CT molecular complexity index is 815. The monoisotopic (exact) mass is 382 g/mol. The Labute approximate surface area is 125 Å². The smallest absolute Gasteiger partial charge is 0.375 e. The van der Waals surface area contributed by atoms with Crippen LogP contribution in [-0.2, 0) is 10.1 Å². The summed E-state index contributed by atoms with van der Waals surface area (Å²) in [5, 5.41) is 0.811. The van der Waals surface area contributed by atoms with Gasteiger partial charge in [0, 0.05) is 9.86 Å². The van der Waals surface area contributed by atoms with Crippen molar-refractivity contribution in [3.05, 3.63) is 40.4 Å². The van der Waals surface area contributed by atoms with E-state index in [1.165, 1.54) is 6.07 Å². The first-order valence-electron chi connectivity index (χ1n) is 5.34. The van der Waals surface area contributed by atoms with E-state index >= 15 is 0 Å². The van der Waals surface area contributed by atoms with Crippen LogP contribution in [0.2, 0.25) is 0 Å². The molecule has 0 fully saturated rings. The molecule has 9 heteroatoms. The first-order chi connectivity index (χ1) is 9.67. The predicted molar refractivity (Wildman–Crippen MR) is 72.6 cm³/mol. The predicted octanol–water partition coefficient (Wildman–Crippen LogP) is 3.64. The molecule has 0 heterocycles. The highest BCUT2D eigenvalue weighted by Gasteiger charge is 2.48. The molecule has 2 aromatic rings. The maximum atomic E-state index is 12.3. The van der Waals surface area contributed by atoms with Gasteiger partial charge in [0.05, 0.1) is 5.56 Å². The molecule has 0 aliphatic carbocycles. The summed E-state index contributed by atoms with van der Waals surface area (Å²) in [6, 6.07) is 7.20.